The van der Waals surface area contributed by atoms with Gasteiger partial charge in [0.25, 0.3) is 0 Å². The number of hydrogen-bond acceptors (Lipinski definition) is 4. The first-order chi connectivity index (χ1) is 9.10. The molecule has 1 amide bonds. The van der Waals surface area contributed by atoms with Crippen molar-refractivity contribution in [3.8, 4) is 0 Å². The molecular formula is C14H25NO4. The Hall–Kier alpha value is -0.650. The summed E-state index contributed by atoms with van der Waals surface area (Å²) in [6.45, 7) is 6.41. The summed E-state index contributed by atoms with van der Waals surface area (Å²) in [4.78, 5) is 11.6. The predicted molar refractivity (Wildman–Crippen MR) is 70.7 cm³/mol. The van der Waals surface area contributed by atoms with Gasteiger partial charge in [-0.2, -0.15) is 0 Å². The second kappa shape index (κ2) is 6.68. The van der Waals surface area contributed by atoms with Crippen LogP contribution >= 0.6 is 0 Å². The fraction of sp³-hybridized carbons (Fsp3) is 0.929. The highest BCUT2D eigenvalue weighted by Crippen LogP contribution is 2.36. The van der Waals surface area contributed by atoms with Crippen LogP contribution in [0.4, 0.5) is 0 Å². The van der Waals surface area contributed by atoms with Crippen LogP contribution in [-0.2, 0) is 19.0 Å². The van der Waals surface area contributed by atoms with E-state index in [1.165, 1.54) is 0 Å². The molecule has 19 heavy (non-hydrogen) atoms. The normalized spacial score (nSPS) is 23.1. The average Bonchev–Trinajstić information content (AvgIpc) is 2.84. The van der Waals surface area contributed by atoms with E-state index in [-0.39, 0.29) is 24.4 Å². The fourth-order valence-electron chi connectivity index (χ4n) is 2.55. The molecule has 2 aliphatic rings. The van der Waals surface area contributed by atoms with E-state index in [1.54, 1.807) is 0 Å². The molecule has 1 saturated carbocycles. The first-order valence-corrected chi connectivity index (χ1v) is 7.26. The zero-order valence-electron chi connectivity index (χ0n) is 11.9. The average molecular weight is 271 g/mol. The largest absolute Gasteiger partial charge is 0.368 e. The van der Waals surface area contributed by atoms with Crippen molar-refractivity contribution in [2.45, 2.75) is 51.4 Å². The standard InChI is InChI=1S/C14H25NO4/c1-11(2)9-15-13(16)10-17-12-3-5-14(6-4-12)18-7-8-19-14/h11-12H,3-10H2,1-2H3,(H,15,16). The molecular weight excluding hydrogens is 246 g/mol. The number of carbonyl (C=O) groups is 1. The summed E-state index contributed by atoms with van der Waals surface area (Å²) in [7, 11) is 0. The minimum Gasteiger partial charge on any atom is -0.368 e. The first-order valence-electron chi connectivity index (χ1n) is 7.26. The lowest BCUT2D eigenvalue weighted by Gasteiger charge is -2.35. The second-order valence-corrected chi connectivity index (χ2v) is 5.82. The van der Waals surface area contributed by atoms with Crippen molar-refractivity contribution >= 4 is 5.91 Å². The third-order valence-electron chi connectivity index (χ3n) is 3.67. The van der Waals surface area contributed by atoms with Crippen molar-refractivity contribution < 1.29 is 19.0 Å². The highest BCUT2D eigenvalue weighted by Gasteiger charge is 2.40. The Morgan fingerprint density at radius 1 is 1.32 bits per heavy atom. The van der Waals surface area contributed by atoms with Crippen LogP contribution in [0.25, 0.3) is 0 Å². The maximum atomic E-state index is 11.6. The molecule has 1 aliphatic carbocycles. The van der Waals surface area contributed by atoms with E-state index in [9.17, 15) is 4.79 Å². The summed E-state index contributed by atoms with van der Waals surface area (Å²) in [5.41, 5.74) is 0. The molecule has 2 rings (SSSR count). The molecule has 2 fully saturated rings. The molecule has 0 atom stereocenters. The lowest BCUT2D eigenvalue weighted by molar-refractivity contribution is -0.191. The van der Waals surface area contributed by atoms with Crippen LogP contribution in [-0.4, -0.2) is 44.2 Å². The molecule has 110 valence electrons. The van der Waals surface area contributed by atoms with E-state index >= 15 is 0 Å². The van der Waals surface area contributed by atoms with Gasteiger partial charge in [0.15, 0.2) is 5.79 Å². The van der Waals surface area contributed by atoms with Crippen molar-refractivity contribution in [2.75, 3.05) is 26.4 Å². The van der Waals surface area contributed by atoms with Crippen LogP contribution in [0.1, 0.15) is 39.5 Å². The van der Waals surface area contributed by atoms with Gasteiger partial charge in [0, 0.05) is 19.4 Å². The Morgan fingerprint density at radius 3 is 2.53 bits per heavy atom. The van der Waals surface area contributed by atoms with E-state index < -0.39 is 0 Å². The molecule has 0 unspecified atom stereocenters. The third kappa shape index (κ3) is 4.44. The monoisotopic (exact) mass is 271 g/mol. The van der Waals surface area contributed by atoms with Crippen molar-refractivity contribution in [1.29, 1.82) is 0 Å². The maximum absolute atomic E-state index is 11.6. The van der Waals surface area contributed by atoms with Gasteiger partial charge in [0.1, 0.15) is 6.61 Å². The maximum Gasteiger partial charge on any atom is 0.246 e. The van der Waals surface area contributed by atoms with Crippen molar-refractivity contribution in [3.05, 3.63) is 0 Å². The predicted octanol–water partition coefficient (Wildman–Crippen LogP) is 1.46. The molecule has 1 heterocycles. The van der Waals surface area contributed by atoms with Crippen molar-refractivity contribution in [1.82, 2.24) is 5.32 Å². The molecule has 5 nitrogen and oxygen atoms in total. The molecule has 5 heteroatoms. The summed E-state index contributed by atoms with van der Waals surface area (Å²) in [6.07, 6.45) is 3.69. The van der Waals surface area contributed by atoms with Gasteiger partial charge in [0.05, 0.1) is 19.3 Å². The molecule has 1 spiro atoms. The Bertz CT molecular complexity index is 290. The Balaban J connectivity index is 1.61. The molecule has 0 aromatic carbocycles. The summed E-state index contributed by atoms with van der Waals surface area (Å²) in [6, 6.07) is 0. The van der Waals surface area contributed by atoms with Crippen LogP contribution in [0.2, 0.25) is 0 Å². The van der Waals surface area contributed by atoms with E-state index in [4.69, 9.17) is 14.2 Å². The van der Waals surface area contributed by atoms with E-state index in [1.807, 2.05) is 0 Å². The van der Waals surface area contributed by atoms with Gasteiger partial charge in [-0.25, -0.2) is 0 Å². The van der Waals surface area contributed by atoms with E-state index in [2.05, 4.69) is 19.2 Å². The van der Waals surface area contributed by atoms with Gasteiger partial charge >= 0.3 is 0 Å². The van der Waals surface area contributed by atoms with Gasteiger partial charge in [0.2, 0.25) is 5.91 Å². The Morgan fingerprint density at radius 2 is 1.95 bits per heavy atom. The second-order valence-electron chi connectivity index (χ2n) is 5.82. The fourth-order valence-corrected chi connectivity index (χ4v) is 2.55. The first kappa shape index (κ1) is 14.8. The van der Waals surface area contributed by atoms with Crippen molar-refractivity contribution in [2.24, 2.45) is 5.92 Å². The van der Waals surface area contributed by atoms with E-state index in [0.29, 0.717) is 25.7 Å². The molecule has 0 aromatic heterocycles. The molecule has 0 aromatic rings. The summed E-state index contributed by atoms with van der Waals surface area (Å²) >= 11 is 0. The number of nitrogens with one attached hydrogen (secondary N) is 1. The van der Waals surface area contributed by atoms with Gasteiger partial charge in [-0.05, 0) is 18.8 Å². The van der Waals surface area contributed by atoms with Gasteiger partial charge in [-0.1, -0.05) is 13.8 Å². The van der Waals surface area contributed by atoms with Crippen LogP contribution in [0.5, 0.6) is 0 Å². The summed E-state index contributed by atoms with van der Waals surface area (Å²) < 4.78 is 17.0. The van der Waals surface area contributed by atoms with Crippen molar-refractivity contribution in [3.63, 3.8) is 0 Å². The molecule has 1 N–H and O–H groups in total. The molecule has 1 aliphatic heterocycles. The molecule has 1 saturated heterocycles. The SMILES string of the molecule is CC(C)CNC(=O)COC1CCC2(CC1)OCCO2. The lowest BCUT2D eigenvalue weighted by Crippen LogP contribution is -2.39. The Kier molecular flexibility index (Phi) is 5.19. The quantitative estimate of drug-likeness (QED) is 0.822. The van der Waals surface area contributed by atoms with Crippen LogP contribution in [0, 0.1) is 5.92 Å². The Labute approximate surface area is 115 Å². The third-order valence-corrected chi connectivity index (χ3v) is 3.67. The summed E-state index contributed by atoms with van der Waals surface area (Å²) in [5.74, 6) is 0.0947. The zero-order chi connectivity index (χ0) is 13.7. The van der Waals surface area contributed by atoms with E-state index in [0.717, 1.165) is 25.7 Å². The number of amides is 1. The van der Waals surface area contributed by atoms with Gasteiger partial charge in [-0.3, -0.25) is 4.79 Å². The lowest BCUT2D eigenvalue weighted by atomic mass is 9.92. The molecule has 0 bridgehead atoms. The number of carbonyl (C=O) groups excluding carboxylic acids is 1. The number of ether oxygens (including phenoxy) is 3. The summed E-state index contributed by atoms with van der Waals surface area (Å²) in [5, 5.41) is 2.86. The highest BCUT2D eigenvalue weighted by atomic mass is 16.7. The minimum absolute atomic E-state index is 0.0256. The highest BCUT2D eigenvalue weighted by molar-refractivity contribution is 5.77. The van der Waals surface area contributed by atoms with Gasteiger partial charge < -0.3 is 19.5 Å². The number of rotatable bonds is 5. The molecule has 0 radical (unpaired) electrons. The van der Waals surface area contributed by atoms with Crippen LogP contribution in [0.15, 0.2) is 0 Å². The van der Waals surface area contributed by atoms with Crippen LogP contribution < -0.4 is 5.32 Å². The number of hydrogen-bond donors (Lipinski definition) is 1. The zero-order valence-corrected chi connectivity index (χ0v) is 11.9. The van der Waals surface area contributed by atoms with Crippen LogP contribution in [0.3, 0.4) is 0 Å². The smallest absolute Gasteiger partial charge is 0.246 e. The topological polar surface area (TPSA) is 56.8 Å². The van der Waals surface area contributed by atoms with Gasteiger partial charge in [-0.15, -0.1) is 0 Å². The minimum atomic E-state index is -0.347.